The van der Waals surface area contributed by atoms with Gasteiger partial charge in [0.05, 0.1) is 12.3 Å². The van der Waals surface area contributed by atoms with Gasteiger partial charge in [0.2, 0.25) is 0 Å². The molecule has 0 aliphatic heterocycles. The van der Waals surface area contributed by atoms with E-state index in [1.165, 1.54) is 5.69 Å². The Hall–Kier alpha value is -3.60. The van der Waals surface area contributed by atoms with Crippen LogP contribution in [0, 0.1) is 0 Å². The highest BCUT2D eigenvalue weighted by molar-refractivity contribution is 5.68. The summed E-state index contributed by atoms with van der Waals surface area (Å²) in [5.74, 6) is 0.860. The molecule has 0 unspecified atom stereocenters. The number of hydrogen-bond acceptors (Lipinski definition) is 3. The van der Waals surface area contributed by atoms with Crippen molar-refractivity contribution in [3.05, 3.63) is 101 Å². The molecule has 4 aromatic rings. The minimum absolute atomic E-state index is 0.605. The van der Waals surface area contributed by atoms with Gasteiger partial charge in [-0.15, -0.1) is 0 Å². The summed E-state index contributed by atoms with van der Waals surface area (Å²) >= 11 is 0. The van der Waals surface area contributed by atoms with E-state index < -0.39 is 0 Å². The van der Waals surface area contributed by atoms with Gasteiger partial charge in [-0.25, -0.2) is 0 Å². The van der Waals surface area contributed by atoms with Crippen molar-refractivity contribution < 1.29 is 4.74 Å². The number of aromatic nitrogens is 4. The molecule has 0 radical (unpaired) electrons. The summed E-state index contributed by atoms with van der Waals surface area (Å²) in [6, 6.07) is 20.4. The highest BCUT2D eigenvalue weighted by Gasteiger charge is 2.02. The summed E-state index contributed by atoms with van der Waals surface area (Å²) in [5, 5.41) is 7.54. The lowest BCUT2D eigenvalue weighted by molar-refractivity contribution is 0.320. The third kappa shape index (κ3) is 5.47. The molecular weight excluding hydrogens is 372 g/mol. The molecule has 4 rings (SSSR count). The molecule has 0 fully saturated rings. The Bertz CT molecular complexity index is 1100. The van der Waals surface area contributed by atoms with Crippen LogP contribution in [0.15, 0.2) is 73.1 Å². The Balaban J connectivity index is 1.30. The maximum absolute atomic E-state index is 5.89. The van der Waals surface area contributed by atoms with Crippen LogP contribution in [0.3, 0.4) is 0 Å². The van der Waals surface area contributed by atoms with E-state index in [-0.39, 0.29) is 0 Å². The zero-order valence-corrected chi connectivity index (χ0v) is 17.2. The van der Waals surface area contributed by atoms with Crippen molar-refractivity contribution in [2.24, 2.45) is 7.05 Å². The van der Waals surface area contributed by atoms with E-state index in [4.69, 9.17) is 4.74 Å². The Labute approximate surface area is 177 Å². The Morgan fingerprint density at radius 1 is 0.967 bits per heavy atom. The molecule has 1 aromatic carbocycles. The van der Waals surface area contributed by atoms with Gasteiger partial charge in [-0.05, 0) is 66.9 Å². The van der Waals surface area contributed by atoms with Crippen molar-refractivity contribution in [2.75, 3.05) is 6.61 Å². The molecule has 3 aromatic heterocycles. The first-order valence-electron chi connectivity index (χ1n) is 10.2. The molecule has 5 nitrogen and oxygen atoms in total. The molecule has 5 heteroatoms. The normalized spacial score (nSPS) is 11.2. The average Bonchev–Trinajstić information content (AvgIpc) is 3.40. The van der Waals surface area contributed by atoms with Crippen LogP contribution in [-0.2, 0) is 26.3 Å². The van der Waals surface area contributed by atoms with Crippen LogP contribution in [0.1, 0.15) is 28.3 Å². The van der Waals surface area contributed by atoms with Crippen molar-refractivity contribution >= 4 is 12.2 Å². The largest absolute Gasteiger partial charge is 0.493 e. The van der Waals surface area contributed by atoms with Crippen molar-refractivity contribution in [1.29, 1.82) is 0 Å². The predicted molar refractivity (Wildman–Crippen MR) is 120 cm³/mol. The third-order valence-corrected chi connectivity index (χ3v) is 5.01. The molecule has 30 heavy (non-hydrogen) atoms. The smallest absolute Gasteiger partial charge is 0.119 e. The van der Waals surface area contributed by atoms with Crippen LogP contribution in [0.25, 0.3) is 12.2 Å². The van der Waals surface area contributed by atoms with E-state index in [1.807, 2.05) is 48.7 Å². The van der Waals surface area contributed by atoms with Crippen molar-refractivity contribution in [3.8, 4) is 5.75 Å². The van der Waals surface area contributed by atoms with Gasteiger partial charge in [0.15, 0.2) is 0 Å². The number of aromatic amines is 1. The molecule has 1 N–H and O–H groups in total. The third-order valence-electron chi connectivity index (χ3n) is 5.01. The van der Waals surface area contributed by atoms with E-state index in [0.717, 1.165) is 47.7 Å². The quantitative estimate of drug-likeness (QED) is 0.444. The highest BCUT2D eigenvalue weighted by Crippen LogP contribution is 2.16. The molecule has 0 amide bonds. The minimum Gasteiger partial charge on any atom is -0.493 e. The minimum atomic E-state index is 0.605. The van der Waals surface area contributed by atoms with Gasteiger partial charge < -0.3 is 9.30 Å². The maximum Gasteiger partial charge on any atom is 0.119 e. The summed E-state index contributed by atoms with van der Waals surface area (Å²) in [6.45, 7) is 0.605. The summed E-state index contributed by atoms with van der Waals surface area (Å²) in [5.41, 5.74) is 5.51. The molecule has 0 saturated heterocycles. The molecule has 0 aliphatic carbocycles. The van der Waals surface area contributed by atoms with E-state index >= 15 is 0 Å². The van der Waals surface area contributed by atoms with Gasteiger partial charge in [-0.3, -0.25) is 10.1 Å². The van der Waals surface area contributed by atoms with Crippen LogP contribution in [0.5, 0.6) is 5.75 Å². The number of H-pyrrole nitrogens is 1. The van der Waals surface area contributed by atoms with E-state index in [0.29, 0.717) is 6.61 Å². The van der Waals surface area contributed by atoms with Gasteiger partial charge in [-0.1, -0.05) is 24.3 Å². The first-order chi connectivity index (χ1) is 14.8. The topological polar surface area (TPSA) is 55.7 Å². The number of rotatable bonds is 9. The second-order valence-corrected chi connectivity index (χ2v) is 7.25. The number of ether oxygens (including phenoxy) is 1. The second kappa shape index (κ2) is 9.74. The average molecular weight is 399 g/mol. The predicted octanol–water partition coefficient (Wildman–Crippen LogP) is 4.72. The van der Waals surface area contributed by atoms with Crippen molar-refractivity contribution in [1.82, 2.24) is 19.7 Å². The lowest BCUT2D eigenvalue weighted by Crippen LogP contribution is -2.02. The number of hydrogen-bond donors (Lipinski definition) is 1. The number of nitrogens with zero attached hydrogens (tertiary/aromatic N) is 3. The number of benzene rings is 1. The van der Waals surface area contributed by atoms with Crippen molar-refractivity contribution in [2.45, 2.75) is 19.3 Å². The standard InChI is InChI=1S/C25H26N4O/c1-29-16-5-8-24(29)13-12-23-19-22(27-28-23)11-10-20-6-4-9-25(18-20)30-17-14-21-7-2-3-15-26-21/h2-11,15-16,18-19H,12-14,17H2,1H3,(H,27,28)/b11-10+. The van der Waals surface area contributed by atoms with Gasteiger partial charge in [0.25, 0.3) is 0 Å². The summed E-state index contributed by atoms with van der Waals surface area (Å²) in [7, 11) is 2.08. The SMILES string of the molecule is Cn1cccc1CCc1cc(/C=C/c2cccc(OCCc3ccccn3)c2)n[nH]1. The molecule has 3 heterocycles. The monoisotopic (exact) mass is 398 g/mol. The van der Waals surface area contributed by atoms with E-state index in [1.54, 1.807) is 0 Å². The van der Waals surface area contributed by atoms with Gasteiger partial charge in [0, 0.05) is 42.9 Å². The van der Waals surface area contributed by atoms with Crippen LogP contribution >= 0.6 is 0 Å². The molecule has 0 bridgehead atoms. The number of nitrogens with one attached hydrogen (secondary N) is 1. The lowest BCUT2D eigenvalue weighted by Gasteiger charge is -2.06. The van der Waals surface area contributed by atoms with Gasteiger partial charge in [-0.2, -0.15) is 5.10 Å². The van der Waals surface area contributed by atoms with Crippen LogP contribution < -0.4 is 4.74 Å². The lowest BCUT2D eigenvalue weighted by atomic mass is 10.1. The highest BCUT2D eigenvalue weighted by atomic mass is 16.5. The maximum atomic E-state index is 5.89. The molecule has 152 valence electrons. The molecule has 0 atom stereocenters. The van der Waals surface area contributed by atoms with Gasteiger partial charge >= 0.3 is 0 Å². The summed E-state index contributed by atoms with van der Waals surface area (Å²) in [6.07, 6.45) is 10.7. The molecule has 0 spiro atoms. The zero-order valence-electron chi connectivity index (χ0n) is 17.2. The molecule has 0 saturated carbocycles. The molecular formula is C25H26N4O. The first-order valence-corrected chi connectivity index (χ1v) is 10.2. The van der Waals surface area contributed by atoms with Gasteiger partial charge in [0.1, 0.15) is 5.75 Å². The van der Waals surface area contributed by atoms with Crippen molar-refractivity contribution in [3.63, 3.8) is 0 Å². The number of pyridine rings is 1. The second-order valence-electron chi connectivity index (χ2n) is 7.25. The molecule has 0 aliphatic rings. The fourth-order valence-electron chi connectivity index (χ4n) is 3.32. The first kappa shape index (κ1) is 19.7. The van der Waals surface area contributed by atoms with E-state index in [9.17, 15) is 0 Å². The fraction of sp³-hybridized carbons (Fsp3) is 0.200. The Morgan fingerprint density at radius 3 is 2.77 bits per heavy atom. The fourth-order valence-corrected chi connectivity index (χ4v) is 3.32. The zero-order chi connectivity index (χ0) is 20.6. The van der Waals surface area contributed by atoms with E-state index in [2.05, 4.69) is 63.3 Å². The van der Waals surface area contributed by atoms with Crippen LogP contribution in [0.2, 0.25) is 0 Å². The van der Waals surface area contributed by atoms with Crippen LogP contribution in [0.4, 0.5) is 0 Å². The Kier molecular flexibility index (Phi) is 6.40. The summed E-state index contributed by atoms with van der Waals surface area (Å²) in [4.78, 5) is 4.32. The summed E-state index contributed by atoms with van der Waals surface area (Å²) < 4.78 is 8.04. The number of aryl methyl sites for hydroxylation is 3. The van der Waals surface area contributed by atoms with Crippen LogP contribution in [-0.4, -0.2) is 26.4 Å². The Morgan fingerprint density at radius 2 is 1.93 bits per heavy atom.